The molecule has 10 rings (SSSR count). The Morgan fingerprint density at radius 3 is 1.56 bits per heavy atom. The molecule has 0 amide bonds. The number of hydrogen-bond donors (Lipinski definition) is 2. The SMILES string of the molecule is Oc1cccc2c(O)c(C34CC5CC(CC(C5)C3)C4)c(C34CC5CC(CC(C5)C3)C4)cc12. The number of phenolic OH excluding ortho intramolecular Hbond substituents is 2. The van der Waals surface area contributed by atoms with Gasteiger partial charge in [-0.15, -0.1) is 0 Å². The first-order valence-electron chi connectivity index (χ1n) is 13.5. The first-order chi connectivity index (χ1) is 15.5. The van der Waals surface area contributed by atoms with Crippen molar-refractivity contribution in [2.75, 3.05) is 0 Å². The molecule has 2 nitrogen and oxygen atoms in total. The largest absolute Gasteiger partial charge is 0.507 e. The summed E-state index contributed by atoms with van der Waals surface area (Å²) in [5.41, 5.74) is 3.25. The van der Waals surface area contributed by atoms with E-state index in [1.807, 2.05) is 12.1 Å². The predicted octanol–water partition coefficient (Wildman–Crippen LogP) is 7.19. The second-order valence-corrected chi connectivity index (χ2v) is 13.4. The Morgan fingerprint density at radius 1 is 0.594 bits per heavy atom. The van der Waals surface area contributed by atoms with Crippen LogP contribution in [0.3, 0.4) is 0 Å². The summed E-state index contributed by atoms with van der Waals surface area (Å²) in [4.78, 5) is 0. The van der Waals surface area contributed by atoms with E-state index in [1.54, 1.807) is 6.07 Å². The smallest absolute Gasteiger partial charge is 0.127 e. The number of hydrogen-bond acceptors (Lipinski definition) is 2. The molecule has 8 aliphatic carbocycles. The van der Waals surface area contributed by atoms with E-state index in [0.717, 1.165) is 46.3 Å². The van der Waals surface area contributed by atoms with Crippen LogP contribution >= 0.6 is 0 Å². The van der Waals surface area contributed by atoms with E-state index in [2.05, 4.69) is 6.07 Å². The summed E-state index contributed by atoms with van der Waals surface area (Å²) >= 11 is 0. The van der Waals surface area contributed by atoms with Gasteiger partial charge in [0.1, 0.15) is 11.5 Å². The monoisotopic (exact) mass is 428 g/mol. The van der Waals surface area contributed by atoms with Crippen molar-refractivity contribution in [1.82, 2.24) is 0 Å². The lowest BCUT2D eigenvalue weighted by Gasteiger charge is -2.61. The van der Waals surface area contributed by atoms with E-state index in [1.165, 1.54) is 88.2 Å². The highest BCUT2D eigenvalue weighted by molar-refractivity contribution is 5.95. The van der Waals surface area contributed by atoms with Gasteiger partial charge in [0.2, 0.25) is 0 Å². The average Bonchev–Trinajstić information content (AvgIpc) is 2.72. The van der Waals surface area contributed by atoms with Crippen molar-refractivity contribution in [3.63, 3.8) is 0 Å². The molecule has 2 heteroatoms. The van der Waals surface area contributed by atoms with Crippen molar-refractivity contribution >= 4 is 10.8 Å². The predicted molar refractivity (Wildman–Crippen MR) is 127 cm³/mol. The summed E-state index contributed by atoms with van der Waals surface area (Å²) in [5, 5.41) is 24.6. The Morgan fingerprint density at radius 2 is 1.06 bits per heavy atom. The van der Waals surface area contributed by atoms with Crippen LogP contribution in [0.4, 0.5) is 0 Å². The van der Waals surface area contributed by atoms with Crippen LogP contribution in [0.15, 0.2) is 24.3 Å². The van der Waals surface area contributed by atoms with Crippen LogP contribution in [0.5, 0.6) is 11.5 Å². The molecule has 0 aliphatic heterocycles. The Hall–Kier alpha value is -1.70. The highest BCUT2D eigenvalue weighted by Gasteiger charge is 2.57. The molecule has 0 spiro atoms. The molecular formula is C30H36O2. The van der Waals surface area contributed by atoms with Gasteiger partial charge in [-0.3, -0.25) is 0 Å². The van der Waals surface area contributed by atoms with Gasteiger partial charge in [-0.1, -0.05) is 12.1 Å². The molecule has 2 aromatic carbocycles. The van der Waals surface area contributed by atoms with Gasteiger partial charge in [0.25, 0.3) is 0 Å². The number of benzene rings is 2. The molecule has 0 saturated heterocycles. The number of rotatable bonds is 2. The second kappa shape index (κ2) is 6.05. The summed E-state index contributed by atoms with van der Waals surface area (Å²) in [6.07, 6.45) is 16.4. The van der Waals surface area contributed by atoms with Crippen molar-refractivity contribution in [2.24, 2.45) is 35.5 Å². The molecule has 0 radical (unpaired) electrons. The normalized spacial score (nSPS) is 45.8. The third-order valence-corrected chi connectivity index (χ3v) is 11.3. The minimum absolute atomic E-state index is 0.178. The molecule has 8 fully saturated rings. The third kappa shape index (κ3) is 2.37. The van der Waals surface area contributed by atoms with Crippen molar-refractivity contribution in [3.8, 4) is 11.5 Å². The van der Waals surface area contributed by atoms with E-state index >= 15 is 0 Å². The molecule has 32 heavy (non-hydrogen) atoms. The molecule has 2 aromatic rings. The molecule has 8 bridgehead atoms. The van der Waals surface area contributed by atoms with E-state index in [-0.39, 0.29) is 10.8 Å². The Labute approximate surface area is 191 Å². The topological polar surface area (TPSA) is 40.5 Å². The number of phenols is 2. The van der Waals surface area contributed by atoms with Gasteiger partial charge in [-0.25, -0.2) is 0 Å². The third-order valence-electron chi connectivity index (χ3n) is 11.3. The fraction of sp³-hybridized carbons (Fsp3) is 0.667. The first-order valence-corrected chi connectivity index (χ1v) is 13.5. The molecule has 0 heterocycles. The van der Waals surface area contributed by atoms with E-state index in [9.17, 15) is 10.2 Å². The van der Waals surface area contributed by atoms with Gasteiger partial charge < -0.3 is 10.2 Å². The Kier molecular flexibility index (Phi) is 3.53. The zero-order valence-electron chi connectivity index (χ0n) is 19.2. The van der Waals surface area contributed by atoms with Gasteiger partial charge in [0, 0.05) is 21.8 Å². The molecule has 0 aromatic heterocycles. The summed E-state index contributed by atoms with van der Waals surface area (Å²) in [6.45, 7) is 0. The molecule has 8 saturated carbocycles. The number of aromatic hydroxyl groups is 2. The fourth-order valence-corrected chi connectivity index (χ4v) is 11.2. The summed E-state index contributed by atoms with van der Waals surface area (Å²) in [7, 11) is 0. The first kappa shape index (κ1) is 18.7. The lowest BCUT2D eigenvalue weighted by molar-refractivity contribution is -0.0181. The lowest BCUT2D eigenvalue weighted by atomic mass is 9.44. The maximum Gasteiger partial charge on any atom is 0.127 e. The highest BCUT2D eigenvalue weighted by atomic mass is 16.3. The molecule has 0 atom stereocenters. The zero-order valence-corrected chi connectivity index (χ0v) is 19.2. The summed E-state index contributed by atoms with van der Waals surface area (Å²) < 4.78 is 0. The van der Waals surface area contributed by atoms with Crippen LogP contribution in [-0.2, 0) is 10.8 Å². The van der Waals surface area contributed by atoms with Crippen molar-refractivity contribution < 1.29 is 10.2 Å². The lowest BCUT2D eigenvalue weighted by Crippen LogP contribution is -2.52. The molecule has 168 valence electrons. The van der Waals surface area contributed by atoms with Crippen molar-refractivity contribution in [3.05, 3.63) is 35.4 Å². The summed E-state index contributed by atoms with van der Waals surface area (Å²) in [6, 6.07) is 8.13. The van der Waals surface area contributed by atoms with Crippen LogP contribution < -0.4 is 0 Å². The number of fused-ring (bicyclic) bond motifs is 1. The van der Waals surface area contributed by atoms with Crippen LogP contribution in [0.2, 0.25) is 0 Å². The molecular weight excluding hydrogens is 392 g/mol. The quantitative estimate of drug-likeness (QED) is 0.531. The van der Waals surface area contributed by atoms with E-state index < -0.39 is 0 Å². The Bertz CT molecular complexity index is 1060. The minimum Gasteiger partial charge on any atom is -0.507 e. The van der Waals surface area contributed by atoms with Crippen LogP contribution in [-0.4, -0.2) is 10.2 Å². The van der Waals surface area contributed by atoms with Crippen LogP contribution in [0, 0.1) is 35.5 Å². The average molecular weight is 429 g/mol. The van der Waals surface area contributed by atoms with Crippen molar-refractivity contribution in [2.45, 2.75) is 87.9 Å². The van der Waals surface area contributed by atoms with E-state index in [0.29, 0.717) is 11.5 Å². The van der Waals surface area contributed by atoms with Gasteiger partial charge in [0.15, 0.2) is 0 Å². The maximum absolute atomic E-state index is 12.0. The standard InChI is InChI=1S/C30H36O2/c31-26-3-1-2-23-24(26)10-25(29-11-17-4-18(12-29)6-19(5-17)13-29)27(28(23)32)30-14-20-7-21(15-30)9-22(8-20)16-30/h1-3,10,17-22,31-32H,4-9,11-16H2. The minimum atomic E-state index is 0.178. The van der Waals surface area contributed by atoms with Crippen LogP contribution in [0.1, 0.15) is 88.2 Å². The zero-order chi connectivity index (χ0) is 21.2. The Balaban J connectivity index is 1.40. The second-order valence-electron chi connectivity index (χ2n) is 13.4. The highest BCUT2D eigenvalue weighted by Crippen LogP contribution is 2.67. The van der Waals surface area contributed by atoms with Gasteiger partial charge in [-0.2, -0.15) is 0 Å². The van der Waals surface area contributed by atoms with Gasteiger partial charge in [0.05, 0.1) is 0 Å². The summed E-state index contributed by atoms with van der Waals surface area (Å²) in [5.74, 6) is 6.11. The van der Waals surface area contributed by atoms with Crippen LogP contribution in [0.25, 0.3) is 10.8 Å². The molecule has 0 unspecified atom stereocenters. The van der Waals surface area contributed by atoms with Gasteiger partial charge >= 0.3 is 0 Å². The molecule has 8 aliphatic rings. The molecule has 2 N–H and O–H groups in total. The van der Waals surface area contributed by atoms with Gasteiger partial charge in [-0.05, 0) is 136 Å². The fourth-order valence-electron chi connectivity index (χ4n) is 11.2. The maximum atomic E-state index is 12.0. The van der Waals surface area contributed by atoms with E-state index in [4.69, 9.17) is 0 Å². The van der Waals surface area contributed by atoms with Crippen molar-refractivity contribution in [1.29, 1.82) is 0 Å².